The molecule has 0 aliphatic carbocycles. The fourth-order valence-electron chi connectivity index (χ4n) is 3.38. The van der Waals surface area contributed by atoms with Gasteiger partial charge >= 0.3 is 0 Å². The van der Waals surface area contributed by atoms with Gasteiger partial charge < -0.3 is 9.64 Å². The molecule has 0 unspecified atom stereocenters. The first-order chi connectivity index (χ1) is 11.8. The summed E-state index contributed by atoms with van der Waals surface area (Å²) in [4.78, 5) is 24.0. The van der Waals surface area contributed by atoms with Gasteiger partial charge in [0, 0.05) is 24.9 Å². The van der Waals surface area contributed by atoms with Crippen molar-refractivity contribution in [3.05, 3.63) is 36.2 Å². The predicted molar refractivity (Wildman–Crippen MR) is 95.3 cm³/mol. The average molecular weight is 343 g/mol. The SMILES string of the molecule is O=C(c1cnc2ccccc2n1)N(C[C@H]1CCCO1)[C@H]1CCSC1. The third-order valence-electron chi connectivity index (χ3n) is 4.70. The van der Waals surface area contributed by atoms with Crippen molar-refractivity contribution >= 4 is 28.7 Å². The van der Waals surface area contributed by atoms with Gasteiger partial charge in [0.15, 0.2) is 0 Å². The first-order valence-electron chi connectivity index (χ1n) is 8.53. The Morgan fingerprint density at radius 2 is 2.17 bits per heavy atom. The van der Waals surface area contributed by atoms with E-state index in [-0.39, 0.29) is 18.1 Å². The lowest BCUT2D eigenvalue weighted by molar-refractivity contribution is 0.0437. The molecule has 2 fully saturated rings. The number of thioether (sulfide) groups is 1. The number of para-hydroxylation sites is 2. The van der Waals surface area contributed by atoms with Crippen LogP contribution in [0.4, 0.5) is 0 Å². The molecule has 1 amide bonds. The van der Waals surface area contributed by atoms with E-state index < -0.39 is 0 Å². The van der Waals surface area contributed by atoms with Crippen molar-refractivity contribution in [3.8, 4) is 0 Å². The molecule has 4 rings (SSSR count). The van der Waals surface area contributed by atoms with E-state index in [1.54, 1.807) is 6.20 Å². The zero-order valence-electron chi connectivity index (χ0n) is 13.6. The molecule has 2 aliphatic rings. The second-order valence-corrected chi connectivity index (χ2v) is 7.50. The highest BCUT2D eigenvalue weighted by atomic mass is 32.2. The van der Waals surface area contributed by atoms with E-state index >= 15 is 0 Å². The smallest absolute Gasteiger partial charge is 0.274 e. The number of nitrogens with zero attached hydrogens (tertiary/aromatic N) is 3. The van der Waals surface area contributed by atoms with Crippen molar-refractivity contribution in [1.82, 2.24) is 14.9 Å². The lowest BCUT2D eigenvalue weighted by Crippen LogP contribution is -2.45. The van der Waals surface area contributed by atoms with Crippen LogP contribution in [0.25, 0.3) is 11.0 Å². The van der Waals surface area contributed by atoms with Crippen molar-refractivity contribution in [2.75, 3.05) is 24.7 Å². The number of hydrogen-bond acceptors (Lipinski definition) is 5. The standard InChI is InChI=1S/C18H21N3O2S/c22-18(17-10-19-15-5-1-2-6-16(15)20-17)21(13-7-9-24-12-13)11-14-4-3-8-23-14/h1-2,5-6,10,13-14H,3-4,7-9,11-12H2/t13-,14+/m0/s1. The van der Waals surface area contributed by atoms with Crippen LogP contribution in [0.3, 0.4) is 0 Å². The summed E-state index contributed by atoms with van der Waals surface area (Å²) in [6.45, 7) is 1.47. The first kappa shape index (κ1) is 15.8. The largest absolute Gasteiger partial charge is 0.376 e. The molecule has 0 bridgehead atoms. The summed E-state index contributed by atoms with van der Waals surface area (Å²) in [7, 11) is 0. The second-order valence-electron chi connectivity index (χ2n) is 6.35. The maximum atomic E-state index is 13.1. The van der Waals surface area contributed by atoms with Crippen LogP contribution in [-0.4, -0.2) is 57.6 Å². The van der Waals surface area contributed by atoms with E-state index in [1.165, 1.54) is 0 Å². The summed E-state index contributed by atoms with van der Waals surface area (Å²) >= 11 is 1.91. The normalized spacial score (nSPS) is 23.7. The van der Waals surface area contributed by atoms with E-state index in [0.29, 0.717) is 12.2 Å². The molecule has 24 heavy (non-hydrogen) atoms. The third-order valence-corrected chi connectivity index (χ3v) is 5.84. The lowest BCUT2D eigenvalue weighted by Gasteiger charge is -2.30. The van der Waals surface area contributed by atoms with Gasteiger partial charge in [0.25, 0.3) is 5.91 Å². The quantitative estimate of drug-likeness (QED) is 0.854. The zero-order valence-corrected chi connectivity index (χ0v) is 14.4. The van der Waals surface area contributed by atoms with Crippen molar-refractivity contribution < 1.29 is 9.53 Å². The van der Waals surface area contributed by atoms with E-state index in [1.807, 2.05) is 40.9 Å². The Bertz CT molecular complexity index is 727. The molecule has 2 atom stereocenters. The van der Waals surface area contributed by atoms with Crippen LogP contribution >= 0.6 is 11.8 Å². The minimum atomic E-state index is -0.0174. The number of benzene rings is 1. The Balaban J connectivity index is 1.60. The summed E-state index contributed by atoms with van der Waals surface area (Å²) in [6.07, 6.45) is 4.93. The van der Waals surface area contributed by atoms with E-state index in [2.05, 4.69) is 9.97 Å². The number of rotatable bonds is 4. The monoisotopic (exact) mass is 343 g/mol. The number of carbonyl (C=O) groups excluding carboxylic acids is 1. The van der Waals surface area contributed by atoms with E-state index in [9.17, 15) is 4.79 Å². The number of hydrogen-bond donors (Lipinski definition) is 0. The first-order valence-corrected chi connectivity index (χ1v) is 9.69. The Kier molecular flexibility index (Phi) is 4.67. The topological polar surface area (TPSA) is 55.3 Å². The van der Waals surface area contributed by atoms with Crippen molar-refractivity contribution in [2.24, 2.45) is 0 Å². The zero-order chi connectivity index (χ0) is 16.4. The van der Waals surface area contributed by atoms with Gasteiger partial charge in [0.1, 0.15) is 5.69 Å². The molecule has 5 nitrogen and oxygen atoms in total. The Morgan fingerprint density at radius 1 is 1.29 bits per heavy atom. The highest BCUT2D eigenvalue weighted by Crippen LogP contribution is 2.26. The van der Waals surface area contributed by atoms with E-state index in [0.717, 1.165) is 48.4 Å². The number of carbonyl (C=O) groups is 1. The van der Waals surface area contributed by atoms with Crippen LogP contribution in [0.5, 0.6) is 0 Å². The van der Waals surface area contributed by atoms with Gasteiger partial charge in [-0.3, -0.25) is 9.78 Å². The highest BCUT2D eigenvalue weighted by molar-refractivity contribution is 7.99. The Labute approximate surface area is 145 Å². The average Bonchev–Trinajstić information content (AvgIpc) is 3.32. The molecule has 0 saturated carbocycles. The number of amides is 1. The second kappa shape index (κ2) is 7.07. The fraction of sp³-hybridized carbons (Fsp3) is 0.500. The van der Waals surface area contributed by atoms with Crippen LogP contribution in [0.15, 0.2) is 30.5 Å². The van der Waals surface area contributed by atoms with Gasteiger partial charge in [-0.1, -0.05) is 12.1 Å². The molecule has 2 saturated heterocycles. The highest BCUT2D eigenvalue weighted by Gasteiger charge is 2.32. The third kappa shape index (κ3) is 3.26. The summed E-state index contributed by atoms with van der Waals surface area (Å²) in [5, 5.41) is 0. The molecular weight excluding hydrogens is 322 g/mol. The predicted octanol–water partition coefficient (Wildman–Crippen LogP) is 2.76. The van der Waals surface area contributed by atoms with E-state index in [4.69, 9.17) is 4.74 Å². The van der Waals surface area contributed by atoms with Crippen LogP contribution in [0, 0.1) is 0 Å². The molecule has 6 heteroatoms. The maximum absolute atomic E-state index is 13.1. The fourth-order valence-corrected chi connectivity index (χ4v) is 4.60. The van der Waals surface area contributed by atoms with Gasteiger partial charge in [-0.25, -0.2) is 4.98 Å². The lowest BCUT2D eigenvalue weighted by atomic mass is 10.1. The Morgan fingerprint density at radius 3 is 2.92 bits per heavy atom. The van der Waals surface area contributed by atoms with Gasteiger partial charge in [-0.2, -0.15) is 11.8 Å². The van der Waals surface area contributed by atoms with Crippen LogP contribution < -0.4 is 0 Å². The molecule has 3 heterocycles. The maximum Gasteiger partial charge on any atom is 0.274 e. The summed E-state index contributed by atoms with van der Waals surface area (Å²) in [6, 6.07) is 7.93. The summed E-state index contributed by atoms with van der Waals surface area (Å²) in [5.74, 6) is 2.10. The number of aromatic nitrogens is 2. The molecule has 0 N–H and O–H groups in total. The van der Waals surface area contributed by atoms with Crippen LogP contribution in [0.2, 0.25) is 0 Å². The molecule has 126 valence electrons. The molecule has 0 spiro atoms. The minimum absolute atomic E-state index is 0.0174. The summed E-state index contributed by atoms with van der Waals surface area (Å²) < 4.78 is 5.76. The molecule has 1 aromatic heterocycles. The van der Waals surface area contributed by atoms with Crippen molar-refractivity contribution in [1.29, 1.82) is 0 Å². The molecular formula is C18H21N3O2S. The minimum Gasteiger partial charge on any atom is -0.376 e. The van der Waals surface area contributed by atoms with Crippen molar-refractivity contribution in [3.63, 3.8) is 0 Å². The van der Waals surface area contributed by atoms with Gasteiger partial charge in [-0.05, 0) is 37.1 Å². The van der Waals surface area contributed by atoms with Crippen LogP contribution in [-0.2, 0) is 4.74 Å². The summed E-state index contributed by atoms with van der Waals surface area (Å²) in [5.41, 5.74) is 2.01. The van der Waals surface area contributed by atoms with Crippen LogP contribution in [0.1, 0.15) is 29.8 Å². The van der Waals surface area contributed by atoms with Gasteiger partial charge in [0.2, 0.25) is 0 Å². The van der Waals surface area contributed by atoms with Crippen molar-refractivity contribution in [2.45, 2.75) is 31.4 Å². The molecule has 0 radical (unpaired) electrons. The molecule has 2 aliphatic heterocycles. The Hall–Kier alpha value is -1.66. The number of ether oxygens (including phenoxy) is 1. The molecule has 2 aromatic rings. The van der Waals surface area contributed by atoms with Gasteiger partial charge in [-0.15, -0.1) is 0 Å². The van der Waals surface area contributed by atoms with Gasteiger partial charge in [0.05, 0.1) is 23.3 Å². The number of fused-ring (bicyclic) bond motifs is 1. The molecule has 1 aromatic carbocycles.